The summed E-state index contributed by atoms with van der Waals surface area (Å²) >= 11 is 0. The number of ether oxygens (including phenoxy) is 1. The maximum atomic E-state index is 11.8. The third-order valence-electron chi connectivity index (χ3n) is 3.20. The van der Waals surface area contributed by atoms with Crippen molar-refractivity contribution in [1.29, 1.82) is 0 Å². The van der Waals surface area contributed by atoms with Crippen LogP contribution < -0.4 is 11.1 Å². The highest BCUT2D eigenvalue weighted by Gasteiger charge is 2.33. The summed E-state index contributed by atoms with van der Waals surface area (Å²) in [6.07, 6.45) is 0. The zero-order valence-corrected chi connectivity index (χ0v) is 11.5. The highest BCUT2D eigenvalue weighted by molar-refractivity contribution is 5.86. The van der Waals surface area contributed by atoms with E-state index in [2.05, 4.69) is 11.4 Å². The lowest BCUT2D eigenvalue weighted by Crippen LogP contribution is -2.51. The van der Waals surface area contributed by atoms with Crippen LogP contribution in [0.1, 0.15) is 23.6 Å². The number of hydrogen-bond donors (Lipinski definition) is 2. The number of aryl methyl sites for hydroxylation is 2. The van der Waals surface area contributed by atoms with Crippen LogP contribution in [0.2, 0.25) is 0 Å². The lowest BCUT2D eigenvalue weighted by Gasteiger charge is -2.29. The van der Waals surface area contributed by atoms with Gasteiger partial charge in [-0.05, 0) is 31.9 Å². The van der Waals surface area contributed by atoms with Crippen molar-refractivity contribution in [1.82, 2.24) is 5.32 Å². The fraction of sp³-hybridized carbons (Fsp3) is 0.500. The maximum absolute atomic E-state index is 11.8. The molecule has 100 valence electrons. The van der Waals surface area contributed by atoms with E-state index in [9.17, 15) is 4.79 Å². The Hall–Kier alpha value is -1.39. The van der Waals surface area contributed by atoms with E-state index in [1.807, 2.05) is 32.9 Å². The number of carbonyl (C=O) groups is 1. The quantitative estimate of drug-likeness (QED) is 0.747. The first-order valence-corrected chi connectivity index (χ1v) is 6.03. The van der Waals surface area contributed by atoms with Gasteiger partial charge in [-0.25, -0.2) is 0 Å². The number of nitrogens with two attached hydrogens (primary N) is 1. The van der Waals surface area contributed by atoms with Gasteiger partial charge in [-0.3, -0.25) is 10.1 Å². The van der Waals surface area contributed by atoms with Crippen LogP contribution in [0.5, 0.6) is 0 Å². The van der Waals surface area contributed by atoms with Crippen LogP contribution in [0, 0.1) is 13.8 Å². The zero-order chi connectivity index (χ0) is 13.8. The molecule has 4 nitrogen and oxygen atoms in total. The molecule has 0 heterocycles. The molecule has 4 heteroatoms. The summed E-state index contributed by atoms with van der Waals surface area (Å²) in [6.45, 7) is 6.93. The van der Waals surface area contributed by atoms with Crippen LogP contribution in [0.4, 0.5) is 0 Å². The van der Waals surface area contributed by atoms with Gasteiger partial charge >= 0.3 is 0 Å². The van der Waals surface area contributed by atoms with Gasteiger partial charge in [0.2, 0.25) is 5.91 Å². The first-order valence-electron chi connectivity index (χ1n) is 6.03. The Balaban J connectivity index is 3.06. The molecule has 0 fully saturated rings. The molecule has 0 aliphatic carbocycles. The van der Waals surface area contributed by atoms with Gasteiger partial charge in [0.15, 0.2) is 0 Å². The van der Waals surface area contributed by atoms with Gasteiger partial charge in [0.05, 0.1) is 6.61 Å². The average molecular weight is 250 g/mol. The summed E-state index contributed by atoms with van der Waals surface area (Å²) < 4.78 is 4.99. The predicted octanol–water partition coefficient (Wildman–Crippen LogP) is 1.24. The Kier molecular flexibility index (Phi) is 4.87. The van der Waals surface area contributed by atoms with Crippen LogP contribution in [-0.4, -0.2) is 26.2 Å². The molecule has 18 heavy (non-hydrogen) atoms. The number of amides is 1. The first-order chi connectivity index (χ1) is 8.41. The van der Waals surface area contributed by atoms with E-state index in [0.717, 1.165) is 11.1 Å². The highest BCUT2D eigenvalue weighted by Crippen LogP contribution is 2.24. The van der Waals surface area contributed by atoms with Crippen molar-refractivity contribution in [3.8, 4) is 0 Å². The second-order valence-electron chi connectivity index (χ2n) is 4.73. The molecule has 0 aliphatic rings. The molecule has 0 spiro atoms. The third kappa shape index (κ3) is 3.09. The molecular formula is C14H22N2O2. The fourth-order valence-electron chi connectivity index (χ4n) is 2.09. The number of hydrogen-bond acceptors (Lipinski definition) is 3. The predicted molar refractivity (Wildman–Crippen MR) is 72.3 cm³/mol. The van der Waals surface area contributed by atoms with Crippen molar-refractivity contribution < 1.29 is 9.53 Å². The van der Waals surface area contributed by atoms with Crippen LogP contribution in [0.15, 0.2) is 18.2 Å². The van der Waals surface area contributed by atoms with E-state index in [1.165, 1.54) is 5.56 Å². The summed E-state index contributed by atoms with van der Waals surface area (Å²) in [7, 11) is 1.63. The van der Waals surface area contributed by atoms with Gasteiger partial charge in [0.1, 0.15) is 5.54 Å². The van der Waals surface area contributed by atoms with Crippen molar-refractivity contribution in [2.75, 3.05) is 20.3 Å². The van der Waals surface area contributed by atoms with Crippen molar-refractivity contribution in [2.24, 2.45) is 5.73 Å². The molecule has 0 saturated carbocycles. The normalized spacial score (nSPS) is 14.2. The Bertz CT molecular complexity index is 432. The highest BCUT2D eigenvalue weighted by atomic mass is 16.5. The number of benzene rings is 1. The largest absolute Gasteiger partial charge is 0.383 e. The van der Waals surface area contributed by atoms with E-state index in [4.69, 9.17) is 10.5 Å². The van der Waals surface area contributed by atoms with Crippen molar-refractivity contribution in [2.45, 2.75) is 26.3 Å². The van der Waals surface area contributed by atoms with Gasteiger partial charge < -0.3 is 10.5 Å². The van der Waals surface area contributed by atoms with Crippen LogP contribution in [0.25, 0.3) is 0 Å². The van der Waals surface area contributed by atoms with Crippen LogP contribution >= 0.6 is 0 Å². The summed E-state index contributed by atoms with van der Waals surface area (Å²) in [5.41, 5.74) is 7.82. The Morgan fingerprint density at radius 1 is 1.44 bits per heavy atom. The molecule has 0 radical (unpaired) electrons. The standard InChI is InChI=1S/C14H22N2O2/c1-10-5-6-12(11(2)9-10)14(3,13(15)17)16-7-8-18-4/h5-6,9,16H,7-8H2,1-4H3,(H2,15,17). The Labute approximate surface area is 109 Å². The summed E-state index contributed by atoms with van der Waals surface area (Å²) in [4.78, 5) is 11.8. The lowest BCUT2D eigenvalue weighted by molar-refractivity contribution is -0.124. The van der Waals surface area contributed by atoms with Crippen molar-refractivity contribution in [3.05, 3.63) is 34.9 Å². The second kappa shape index (κ2) is 5.98. The zero-order valence-electron chi connectivity index (χ0n) is 11.5. The van der Waals surface area contributed by atoms with E-state index < -0.39 is 5.54 Å². The molecule has 1 aromatic rings. The van der Waals surface area contributed by atoms with Gasteiger partial charge in [-0.1, -0.05) is 23.8 Å². The molecule has 0 saturated heterocycles. The number of primary amides is 1. The fourth-order valence-corrected chi connectivity index (χ4v) is 2.09. The van der Waals surface area contributed by atoms with Gasteiger partial charge in [-0.15, -0.1) is 0 Å². The third-order valence-corrected chi connectivity index (χ3v) is 3.20. The van der Waals surface area contributed by atoms with Gasteiger partial charge in [0, 0.05) is 13.7 Å². The van der Waals surface area contributed by atoms with Crippen molar-refractivity contribution >= 4 is 5.91 Å². The minimum Gasteiger partial charge on any atom is -0.383 e. The molecule has 3 N–H and O–H groups in total. The molecule has 0 bridgehead atoms. The van der Waals surface area contributed by atoms with Crippen molar-refractivity contribution in [3.63, 3.8) is 0 Å². The SMILES string of the molecule is COCCNC(C)(C(N)=O)c1ccc(C)cc1C. The van der Waals surface area contributed by atoms with Crippen LogP contribution in [-0.2, 0) is 15.1 Å². The Morgan fingerprint density at radius 3 is 2.61 bits per heavy atom. The molecule has 1 atom stereocenters. The number of nitrogens with one attached hydrogen (secondary N) is 1. The first kappa shape index (κ1) is 14.7. The van der Waals surface area contributed by atoms with Crippen LogP contribution in [0.3, 0.4) is 0 Å². The number of rotatable bonds is 6. The topological polar surface area (TPSA) is 64.3 Å². The second-order valence-corrected chi connectivity index (χ2v) is 4.73. The molecule has 0 aromatic heterocycles. The maximum Gasteiger partial charge on any atom is 0.242 e. The monoisotopic (exact) mass is 250 g/mol. The van der Waals surface area contributed by atoms with E-state index >= 15 is 0 Å². The summed E-state index contributed by atoms with van der Waals surface area (Å²) in [5.74, 6) is -0.384. The molecule has 0 aliphatic heterocycles. The Morgan fingerprint density at radius 2 is 2.11 bits per heavy atom. The lowest BCUT2D eigenvalue weighted by atomic mass is 9.87. The van der Waals surface area contributed by atoms with E-state index in [-0.39, 0.29) is 5.91 Å². The van der Waals surface area contributed by atoms with E-state index in [0.29, 0.717) is 13.2 Å². The number of methoxy groups -OCH3 is 1. The average Bonchev–Trinajstić information content (AvgIpc) is 2.28. The minimum atomic E-state index is -0.865. The molecule has 1 amide bonds. The summed E-state index contributed by atoms with van der Waals surface area (Å²) in [6, 6.07) is 5.99. The number of carbonyl (C=O) groups excluding carboxylic acids is 1. The van der Waals surface area contributed by atoms with Gasteiger partial charge in [0.25, 0.3) is 0 Å². The minimum absolute atomic E-state index is 0.384. The molecular weight excluding hydrogens is 228 g/mol. The molecule has 1 unspecified atom stereocenters. The molecule has 1 aromatic carbocycles. The summed E-state index contributed by atoms with van der Waals surface area (Å²) in [5, 5.41) is 3.17. The molecule has 1 rings (SSSR count). The van der Waals surface area contributed by atoms with Gasteiger partial charge in [-0.2, -0.15) is 0 Å². The smallest absolute Gasteiger partial charge is 0.242 e. The van der Waals surface area contributed by atoms with E-state index in [1.54, 1.807) is 7.11 Å².